The van der Waals surface area contributed by atoms with Crippen LogP contribution >= 0.6 is 0 Å². The van der Waals surface area contributed by atoms with Gasteiger partial charge >= 0.3 is 0 Å². The molecule has 0 aliphatic carbocycles. The molecule has 0 bridgehead atoms. The Morgan fingerprint density at radius 3 is 2.90 bits per heavy atom. The Kier molecular flexibility index (Phi) is 3.89. The molecule has 2 N–H and O–H groups in total. The molecule has 0 unspecified atom stereocenters. The van der Waals surface area contributed by atoms with Gasteiger partial charge in [-0.25, -0.2) is 0 Å². The number of hydrogen-bond acceptors (Lipinski definition) is 7. The normalized spacial score (nSPS) is 10.1. The molecule has 0 aliphatic rings. The lowest BCUT2D eigenvalue weighted by Gasteiger charge is -2.06. The molecule has 9 nitrogen and oxygen atoms in total. The minimum absolute atomic E-state index is 0.0952. The topological polar surface area (TPSA) is 123 Å². The molecule has 1 heterocycles. The minimum atomic E-state index is -0.521. The van der Waals surface area contributed by atoms with E-state index < -0.39 is 4.92 Å². The first kappa shape index (κ1) is 13.5. The summed E-state index contributed by atoms with van der Waals surface area (Å²) in [6.45, 7) is 0.112. The van der Waals surface area contributed by atoms with Crippen molar-refractivity contribution in [3.63, 3.8) is 0 Å². The van der Waals surface area contributed by atoms with Gasteiger partial charge in [-0.15, -0.1) is 0 Å². The summed E-state index contributed by atoms with van der Waals surface area (Å²) in [4.78, 5) is 25.9. The van der Waals surface area contributed by atoms with E-state index in [0.29, 0.717) is 11.4 Å². The molecular weight excluding hydrogens is 266 g/mol. The second kappa shape index (κ2) is 5.78. The Labute approximate surface area is 113 Å². The van der Waals surface area contributed by atoms with Crippen LogP contribution in [-0.4, -0.2) is 28.0 Å². The summed E-state index contributed by atoms with van der Waals surface area (Å²) in [5, 5.41) is 19.6. The van der Waals surface area contributed by atoms with Crippen LogP contribution in [0.5, 0.6) is 0 Å². The molecule has 20 heavy (non-hydrogen) atoms. The highest BCUT2D eigenvalue weighted by Gasteiger charge is 2.16. The lowest BCUT2D eigenvalue weighted by molar-refractivity contribution is -0.383. The van der Waals surface area contributed by atoms with Crippen LogP contribution < -0.4 is 10.6 Å². The van der Waals surface area contributed by atoms with E-state index in [9.17, 15) is 14.9 Å². The van der Waals surface area contributed by atoms with Crippen LogP contribution in [-0.2, 0) is 6.54 Å². The predicted molar refractivity (Wildman–Crippen MR) is 68.1 cm³/mol. The van der Waals surface area contributed by atoms with E-state index in [2.05, 4.69) is 25.3 Å². The zero-order chi connectivity index (χ0) is 14.5. The third-order valence-electron chi connectivity index (χ3n) is 2.54. The molecule has 9 heteroatoms. The Bertz CT molecular complexity index is 626. The number of nitro benzene ring substituents is 1. The number of nitrogens with zero attached hydrogens (tertiary/aromatic N) is 3. The Balaban J connectivity index is 2.12. The molecule has 0 saturated heterocycles. The fourth-order valence-corrected chi connectivity index (χ4v) is 1.57. The van der Waals surface area contributed by atoms with Crippen molar-refractivity contribution in [2.24, 2.45) is 0 Å². The van der Waals surface area contributed by atoms with Crippen molar-refractivity contribution >= 4 is 17.3 Å². The molecule has 1 amide bonds. The molecule has 0 aliphatic heterocycles. The first-order chi connectivity index (χ1) is 9.61. The Morgan fingerprint density at radius 1 is 1.50 bits per heavy atom. The SMILES string of the molecule is CNc1cc(C(=O)NCc2ncon2)ccc1[N+](=O)[O-]. The summed E-state index contributed by atoms with van der Waals surface area (Å²) >= 11 is 0. The van der Waals surface area contributed by atoms with Gasteiger partial charge in [-0.3, -0.25) is 14.9 Å². The number of amides is 1. The summed E-state index contributed by atoms with van der Waals surface area (Å²) in [7, 11) is 1.54. The molecule has 104 valence electrons. The van der Waals surface area contributed by atoms with Gasteiger partial charge in [0.15, 0.2) is 5.82 Å². The number of rotatable bonds is 5. The van der Waals surface area contributed by atoms with E-state index in [4.69, 9.17) is 0 Å². The van der Waals surface area contributed by atoms with Gasteiger partial charge in [0.25, 0.3) is 11.6 Å². The minimum Gasteiger partial charge on any atom is -0.383 e. The maximum atomic E-state index is 11.9. The standard InChI is InChI=1S/C11H11N5O4/c1-12-8-4-7(2-3-9(8)16(18)19)11(17)13-5-10-14-6-20-15-10/h2-4,6,12H,5H2,1H3,(H,13,17). The molecule has 0 radical (unpaired) electrons. The van der Waals surface area contributed by atoms with E-state index in [1.54, 1.807) is 7.05 Å². The molecule has 0 fully saturated rings. The van der Waals surface area contributed by atoms with E-state index in [1.807, 2.05) is 0 Å². The monoisotopic (exact) mass is 277 g/mol. The lowest BCUT2D eigenvalue weighted by Crippen LogP contribution is -2.23. The fourth-order valence-electron chi connectivity index (χ4n) is 1.57. The van der Waals surface area contributed by atoms with Crippen LogP contribution in [0.2, 0.25) is 0 Å². The number of nitrogens with one attached hydrogen (secondary N) is 2. The van der Waals surface area contributed by atoms with Crippen molar-refractivity contribution in [1.29, 1.82) is 0 Å². The largest absolute Gasteiger partial charge is 0.383 e. The van der Waals surface area contributed by atoms with Crippen molar-refractivity contribution < 1.29 is 14.2 Å². The van der Waals surface area contributed by atoms with Gasteiger partial charge in [-0.1, -0.05) is 5.16 Å². The zero-order valence-corrected chi connectivity index (χ0v) is 10.5. The van der Waals surface area contributed by atoms with E-state index in [1.165, 1.54) is 18.2 Å². The maximum absolute atomic E-state index is 11.9. The van der Waals surface area contributed by atoms with Crippen molar-refractivity contribution in [3.05, 3.63) is 46.1 Å². The smallest absolute Gasteiger partial charge is 0.292 e. The highest BCUT2D eigenvalue weighted by Crippen LogP contribution is 2.24. The number of aromatic nitrogens is 2. The quantitative estimate of drug-likeness (QED) is 0.615. The van der Waals surface area contributed by atoms with Gasteiger partial charge in [-0.05, 0) is 12.1 Å². The molecule has 0 spiro atoms. The van der Waals surface area contributed by atoms with E-state index >= 15 is 0 Å². The highest BCUT2D eigenvalue weighted by atomic mass is 16.6. The molecule has 1 aromatic heterocycles. The maximum Gasteiger partial charge on any atom is 0.292 e. The molecule has 0 atom stereocenters. The average Bonchev–Trinajstić information content (AvgIpc) is 2.97. The van der Waals surface area contributed by atoms with E-state index in [0.717, 1.165) is 6.39 Å². The van der Waals surface area contributed by atoms with Crippen molar-refractivity contribution in [1.82, 2.24) is 15.5 Å². The summed E-state index contributed by atoms with van der Waals surface area (Å²) in [6, 6.07) is 4.06. The number of hydrogen-bond donors (Lipinski definition) is 2. The summed E-state index contributed by atoms with van der Waals surface area (Å²) in [5.74, 6) is -0.0460. The summed E-state index contributed by atoms with van der Waals surface area (Å²) in [6.07, 6.45) is 1.16. The molecule has 0 saturated carbocycles. The average molecular weight is 277 g/mol. The van der Waals surface area contributed by atoms with Crippen molar-refractivity contribution in [3.8, 4) is 0 Å². The highest BCUT2D eigenvalue weighted by molar-refractivity contribution is 5.95. The molecule has 1 aromatic carbocycles. The summed E-state index contributed by atoms with van der Waals surface area (Å²) in [5.41, 5.74) is 0.466. The third kappa shape index (κ3) is 2.88. The first-order valence-electron chi connectivity index (χ1n) is 5.61. The Hall–Kier alpha value is -2.97. The van der Waals surface area contributed by atoms with Crippen molar-refractivity contribution in [2.45, 2.75) is 6.54 Å². The van der Waals surface area contributed by atoms with Crippen LogP contribution in [0.1, 0.15) is 16.2 Å². The number of carbonyl (C=O) groups is 1. The van der Waals surface area contributed by atoms with Gasteiger partial charge in [0.1, 0.15) is 5.69 Å². The van der Waals surface area contributed by atoms with Crippen LogP contribution in [0.25, 0.3) is 0 Å². The van der Waals surface area contributed by atoms with Gasteiger partial charge < -0.3 is 15.2 Å². The molecule has 2 rings (SSSR count). The third-order valence-corrected chi connectivity index (χ3v) is 2.54. The second-order valence-corrected chi connectivity index (χ2v) is 3.77. The summed E-state index contributed by atoms with van der Waals surface area (Å²) < 4.78 is 4.53. The number of benzene rings is 1. The predicted octanol–water partition coefficient (Wildman–Crippen LogP) is 0.950. The lowest BCUT2D eigenvalue weighted by atomic mass is 10.1. The van der Waals surface area contributed by atoms with Crippen LogP contribution in [0.3, 0.4) is 0 Å². The number of nitro groups is 1. The van der Waals surface area contributed by atoms with E-state index in [-0.39, 0.29) is 23.8 Å². The van der Waals surface area contributed by atoms with Gasteiger partial charge in [0, 0.05) is 18.7 Å². The Morgan fingerprint density at radius 2 is 2.30 bits per heavy atom. The van der Waals surface area contributed by atoms with Crippen LogP contribution in [0, 0.1) is 10.1 Å². The van der Waals surface area contributed by atoms with Gasteiger partial charge in [0.2, 0.25) is 6.39 Å². The number of anilines is 1. The first-order valence-corrected chi connectivity index (χ1v) is 5.61. The van der Waals surface area contributed by atoms with Gasteiger partial charge in [0.05, 0.1) is 11.5 Å². The number of carbonyl (C=O) groups excluding carboxylic acids is 1. The zero-order valence-electron chi connectivity index (χ0n) is 10.5. The fraction of sp³-hybridized carbons (Fsp3) is 0.182. The van der Waals surface area contributed by atoms with Crippen molar-refractivity contribution in [2.75, 3.05) is 12.4 Å². The van der Waals surface area contributed by atoms with Crippen LogP contribution in [0.15, 0.2) is 29.1 Å². The van der Waals surface area contributed by atoms with Gasteiger partial charge in [-0.2, -0.15) is 4.98 Å². The molecular formula is C11H11N5O4. The second-order valence-electron chi connectivity index (χ2n) is 3.77. The van der Waals surface area contributed by atoms with Crippen LogP contribution in [0.4, 0.5) is 11.4 Å². The molecule has 2 aromatic rings.